The van der Waals surface area contributed by atoms with E-state index in [1.807, 2.05) is 42.2 Å². The standard InChI is InChI=1S/C19H22N2O/c1-15-8-10-18(11-9-15)21-13-12-20(16(2)19(21)22)14-17-6-4-3-5-7-17/h3-11,16H,12-14H2,1-2H3. The van der Waals surface area contributed by atoms with Crippen molar-refractivity contribution in [1.82, 2.24) is 4.90 Å². The van der Waals surface area contributed by atoms with Crippen molar-refractivity contribution in [3.05, 3.63) is 65.7 Å². The molecule has 3 heteroatoms. The number of carbonyl (C=O) groups excluding carboxylic acids is 1. The van der Waals surface area contributed by atoms with Gasteiger partial charge in [0.1, 0.15) is 0 Å². The predicted octanol–water partition coefficient (Wildman–Crippen LogP) is 3.23. The van der Waals surface area contributed by atoms with Crippen LogP contribution in [0.25, 0.3) is 0 Å². The molecule has 1 heterocycles. The summed E-state index contributed by atoms with van der Waals surface area (Å²) < 4.78 is 0. The van der Waals surface area contributed by atoms with Crippen LogP contribution in [0, 0.1) is 6.92 Å². The Hall–Kier alpha value is -2.13. The van der Waals surface area contributed by atoms with E-state index in [4.69, 9.17) is 0 Å². The molecule has 1 unspecified atom stereocenters. The van der Waals surface area contributed by atoms with Crippen LogP contribution in [-0.2, 0) is 11.3 Å². The number of amides is 1. The molecule has 0 bridgehead atoms. The molecule has 22 heavy (non-hydrogen) atoms. The summed E-state index contributed by atoms with van der Waals surface area (Å²) in [6.07, 6.45) is 0. The van der Waals surface area contributed by atoms with Gasteiger partial charge in [-0.15, -0.1) is 0 Å². The molecule has 1 aliphatic heterocycles. The Balaban J connectivity index is 1.72. The fourth-order valence-electron chi connectivity index (χ4n) is 2.93. The first-order valence-corrected chi connectivity index (χ1v) is 7.81. The van der Waals surface area contributed by atoms with Crippen molar-refractivity contribution in [3.63, 3.8) is 0 Å². The smallest absolute Gasteiger partial charge is 0.244 e. The first-order chi connectivity index (χ1) is 10.6. The van der Waals surface area contributed by atoms with Crippen LogP contribution in [0.4, 0.5) is 5.69 Å². The number of hydrogen-bond donors (Lipinski definition) is 0. The first-order valence-electron chi connectivity index (χ1n) is 7.81. The van der Waals surface area contributed by atoms with E-state index >= 15 is 0 Å². The molecular weight excluding hydrogens is 272 g/mol. The maximum atomic E-state index is 12.7. The van der Waals surface area contributed by atoms with Crippen LogP contribution in [-0.4, -0.2) is 29.9 Å². The summed E-state index contributed by atoms with van der Waals surface area (Å²) in [6, 6.07) is 18.4. The zero-order chi connectivity index (χ0) is 15.5. The maximum absolute atomic E-state index is 12.7. The highest BCUT2D eigenvalue weighted by molar-refractivity contribution is 5.97. The normalized spacial score (nSPS) is 19.5. The van der Waals surface area contributed by atoms with Gasteiger partial charge < -0.3 is 4.90 Å². The van der Waals surface area contributed by atoms with Gasteiger partial charge in [-0.2, -0.15) is 0 Å². The second-order valence-electron chi connectivity index (χ2n) is 5.96. The maximum Gasteiger partial charge on any atom is 0.244 e. The van der Waals surface area contributed by atoms with E-state index in [-0.39, 0.29) is 11.9 Å². The van der Waals surface area contributed by atoms with Crippen LogP contribution >= 0.6 is 0 Å². The molecule has 1 saturated heterocycles. The number of piperazine rings is 1. The molecular formula is C19H22N2O. The third-order valence-corrected chi connectivity index (χ3v) is 4.36. The Labute approximate surface area is 132 Å². The van der Waals surface area contributed by atoms with E-state index in [1.54, 1.807) is 0 Å². The van der Waals surface area contributed by atoms with E-state index in [0.29, 0.717) is 0 Å². The lowest BCUT2D eigenvalue weighted by molar-refractivity contribution is -0.125. The van der Waals surface area contributed by atoms with Gasteiger partial charge in [0.05, 0.1) is 6.04 Å². The van der Waals surface area contributed by atoms with Crippen LogP contribution in [0.2, 0.25) is 0 Å². The lowest BCUT2D eigenvalue weighted by Gasteiger charge is -2.39. The largest absolute Gasteiger partial charge is 0.310 e. The molecule has 114 valence electrons. The molecule has 2 aromatic rings. The molecule has 1 amide bonds. The molecule has 0 spiro atoms. The number of rotatable bonds is 3. The number of benzene rings is 2. The van der Waals surface area contributed by atoms with E-state index in [1.165, 1.54) is 11.1 Å². The van der Waals surface area contributed by atoms with Crippen molar-refractivity contribution >= 4 is 11.6 Å². The summed E-state index contributed by atoms with van der Waals surface area (Å²) in [5.41, 5.74) is 3.47. The monoisotopic (exact) mass is 294 g/mol. The third-order valence-electron chi connectivity index (χ3n) is 4.36. The van der Waals surface area contributed by atoms with Crippen LogP contribution in [0.3, 0.4) is 0 Å². The molecule has 0 N–H and O–H groups in total. The van der Waals surface area contributed by atoms with Gasteiger partial charge in [0.25, 0.3) is 0 Å². The minimum Gasteiger partial charge on any atom is -0.310 e. The van der Waals surface area contributed by atoms with Gasteiger partial charge in [-0.05, 0) is 31.5 Å². The van der Waals surface area contributed by atoms with Gasteiger partial charge in [0.15, 0.2) is 0 Å². The average molecular weight is 294 g/mol. The van der Waals surface area contributed by atoms with Gasteiger partial charge in [-0.1, -0.05) is 48.0 Å². The van der Waals surface area contributed by atoms with Crippen LogP contribution in [0.1, 0.15) is 18.1 Å². The zero-order valence-electron chi connectivity index (χ0n) is 13.2. The van der Waals surface area contributed by atoms with Crippen LogP contribution < -0.4 is 4.90 Å². The molecule has 1 atom stereocenters. The molecule has 0 saturated carbocycles. The highest BCUT2D eigenvalue weighted by Crippen LogP contribution is 2.22. The average Bonchev–Trinajstić information content (AvgIpc) is 2.54. The van der Waals surface area contributed by atoms with Gasteiger partial charge >= 0.3 is 0 Å². The van der Waals surface area contributed by atoms with Crippen molar-refractivity contribution in [2.75, 3.05) is 18.0 Å². The molecule has 0 aromatic heterocycles. The molecule has 0 aliphatic carbocycles. The van der Waals surface area contributed by atoms with E-state index in [2.05, 4.69) is 36.1 Å². The van der Waals surface area contributed by atoms with Crippen molar-refractivity contribution in [2.24, 2.45) is 0 Å². The first kappa shape index (κ1) is 14.8. The molecule has 0 radical (unpaired) electrons. The number of hydrogen-bond acceptors (Lipinski definition) is 2. The van der Waals surface area contributed by atoms with Gasteiger partial charge in [-0.3, -0.25) is 9.69 Å². The Morgan fingerprint density at radius 3 is 2.36 bits per heavy atom. The van der Waals surface area contributed by atoms with Crippen molar-refractivity contribution < 1.29 is 4.79 Å². The van der Waals surface area contributed by atoms with Crippen molar-refractivity contribution in [3.8, 4) is 0 Å². The Morgan fingerprint density at radius 1 is 1.00 bits per heavy atom. The molecule has 1 fully saturated rings. The summed E-state index contributed by atoms with van der Waals surface area (Å²) in [6.45, 7) is 6.54. The fraction of sp³-hybridized carbons (Fsp3) is 0.316. The summed E-state index contributed by atoms with van der Waals surface area (Å²) >= 11 is 0. The quantitative estimate of drug-likeness (QED) is 0.867. The number of nitrogens with zero attached hydrogens (tertiary/aromatic N) is 2. The summed E-state index contributed by atoms with van der Waals surface area (Å²) in [4.78, 5) is 16.9. The second kappa shape index (κ2) is 6.32. The Kier molecular flexibility index (Phi) is 4.25. The highest BCUT2D eigenvalue weighted by atomic mass is 16.2. The predicted molar refractivity (Wildman–Crippen MR) is 89.8 cm³/mol. The van der Waals surface area contributed by atoms with Gasteiger partial charge in [-0.25, -0.2) is 0 Å². The van der Waals surface area contributed by atoms with E-state index in [9.17, 15) is 4.79 Å². The number of aryl methyl sites for hydroxylation is 1. The van der Waals surface area contributed by atoms with Gasteiger partial charge in [0, 0.05) is 25.3 Å². The second-order valence-corrected chi connectivity index (χ2v) is 5.96. The third kappa shape index (κ3) is 3.04. The SMILES string of the molecule is Cc1ccc(N2CCN(Cc3ccccc3)C(C)C2=O)cc1. The highest BCUT2D eigenvalue weighted by Gasteiger charge is 2.31. The summed E-state index contributed by atoms with van der Waals surface area (Å²) in [5.74, 6) is 0.186. The van der Waals surface area contributed by atoms with Gasteiger partial charge in [0.2, 0.25) is 5.91 Å². The molecule has 3 nitrogen and oxygen atoms in total. The molecule has 1 aliphatic rings. The summed E-state index contributed by atoms with van der Waals surface area (Å²) in [5, 5.41) is 0. The lowest BCUT2D eigenvalue weighted by Crippen LogP contribution is -2.55. The van der Waals surface area contributed by atoms with E-state index in [0.717, 1.165) is 25.3 Å². The number of carbonyl (C=O) groups is 1. The Morgan fingerprint density at radius 2 is 1.68 bits per heavy atom. The van der Waals surface area contributed by atoms with Crippen molar-refractivity contribution in [2.45, 2.75) is 26.4 Å². The van der Waals surface area contributed by atoms with Crippen LogP contribution in [0.15, 0.2) is 54.6 Å². The number of anilines is 1. The lowest BCUT2D eigenvalue weighted by atomic mass is 10.1. The molecule has 2 aromatic carbocycles. The minimum atomic E-state index is -0.0877. The fourth-order valence-corrected chi connectivity index (χ4v) is 2.93. The minimum absolute atomic E-state index is 0.0877. The topological polar surface area (TPSA) is 23.6 Å². The van der Waals surface area contributed by atoms with E-state index < -0.39 is 0 Å². The zero-order valence-corrected chi connectivity index (χ0v) is 13.2. The summed E-state index contributed by atoms with van der Waals surface area (Å²) in [7, 11) is 0. The molecule has 3 rings (SSSR count). The van der Waals surface area contributed by atoms with Crippen molar-refractivity contribution in [1.29, 1.82) is 0 Å². The van der Waals surface area contributed by atoms with Crippen LogP contribution in [0.5, 0.6) is 0 Å². The Bertz CT molecular complexity index is 636.